The molecule has 1 aromatic carbocycles. The van der Waals surface area contributed by atoms with Crippen LogP contribution in [0.4, 0.5) is 10.1 Å². The Hall–Kier alpha value is -1.34. The first kappa shape index (κ1) is 13.1. The van der Waals surface area contributed by atoms with Crippen LogP contribution in [-0.2, 0) is 6.42 Å². The van der Waals surface area contributed by atoms with Crippen LogP contribution >= 0.6 is 8.86 Å². The normalized spacial score (nSPS) is 15.8. The number of halogens is 1. The molecule has 0 spiro atoms. The molecule has 2 N–H and O–H groups in total. The summed E-state index contributed by atoms with van der Waals surface area (Å²) in [6, 6.07) is 4.02. The van der Waals surface area contributed by atoms with Crippen LogP contribution in [-0.4, -0.2) is 19.4 Å². The second-order valence-electron chi connectivity index (χ2n) is 4.42. The second kappa shape index (κ2) is 5.53. The highest BCUT2D eigenvalue weighted by Crippen LogP contribution is 2.33. The Bertz CT molecular complexity index is 495. The summed E-state index contributed by atoms with van der Waals surface area (Å²) in [4.78, 5) is 0. The summed E-state index contributed by atoms with van der Waals surface area (Å²) in [6.07, 6.45) is 1.88. The van der Waals surface area contributed by atoms with Crippen LogP contribution in [0.2, 0.25) is 0 Å². The van der Waals surface area contributed by atoms with Crippen LogP contribution in [0.3, 0.4) is 0 Å². The van der Waals surface area contributed by atoms with Gasteiger partial charge in [0.05, 0.1) is 0 Å². The number of allylic oxidation sites excluding steroid dienone is 1. The van der Waals surface area contributed by atoms with Crippen molar-refractivity contribution in [3.05, 3.63) is 35.0 Å². The van der Waals surface area contributed by atoms with E-state index in [2.05, 4.69) is 25.6 Å². The van der Waals surface area contributed by atoms with E-state index in [1.54, 1.807) is 6.92 Å². The lowest BCUT2D eigenvalue weighted by Gasteiger charge is -2.14. The molecule has 0 saturated heterocycles. The number of hydrogen-bond donors (Lipinski definition) is 2. The predicted molar refractivity (Wildman–Crippen MR) is 79.6 cm³/mol. The van der Waals surface area contributed by atoms with Gasteiger partial charge in [0.15, 0.2) is 0 Å². The molecule has 0 fully saturated rings. The third-order valence-electron chi connectivity index (χ3n) is 3.18. The SMILES string of the molecule is CN/C=C(\C=P)c1cc2c(cc1C(C)F)NCC2. The summed E-state index contributed by atoms with van der Waals surface area (Å²) in [5.74, 6) is 1.81. The third-order valence-corrected chi connectivity index (χ3v) is 3.49. The minimum Gasteiger partial charge on any atom is -0.393 e. The van der Waals surface area contributed by atoms with Gasteiger partial charge in [0.1, 0.15) is 6.17 Å². The number of anilines is 1. The monoisotopic (exact) mass is 264 g/mol. The third kappa shape index (κ3) is 2.41. The molecule has 1 unspecified atom stereocenters. The van der Waals surface area contributed by atoms with E-state index in [1.807, 2.05) is 25.1 Å². The van der Waals surface area contributed by atoms with Crippen LogP contribution in [0, 0.1) is 0 Å². The molecule has 1 aliphatic heterocycles. The van der Waals surface area contributed by atoms with Gasteiger partial charge in [0.2, 0.25) is 0 Å². The van der Waals surface area contributed by atoms with Crippen molar-refractivity contribution in [2.75, 3.05) is 18.9 Å². The van der Waals surface area contributed by atoms with Gasteiger partial charge in [0, 0.05) is 31.1 Å². The summed E-state index contributed by atoms with van der Waals surface area (Å²) in [7, 11) is 5.23. The largest absolute Gasteiger partial charge is 0.393 e. The van der Waals surface area contributed by atoms with Crippen LogP contribution in [0.15, 0.2) is 18.3 Å². The maximum absolute atomic E-state index is 13.8. The maximum Gasteiger partial charge on any atom is 0.123 e. The lowest BCUT2D eigenvalue weighted by Crippen LogP contribution is -2.02. The van der Waals surface area contributed by atoms with Gasteiger partial charge in [-0.05, 0) is 48.0 Å². The molecule has 4 heteroatoms. The highest BCUT2D eigenvalue weighted by Gasteiger charge is 2.18. The number of alkyl halides is 1. The van der Waals surface area contributed by atoms with Crippen molar-refractivity contribution >= 4 is 25.9 Å². The first-order chi connectivity index (χ1) is 8.67. The van der Waals surface area contributed by atoms with E-state index in [1.165, 1.54) is 5.56 Å². The molecule has 0 aliphatic carbocycles. The van der Waals surface area contributed by atoms with Crippen LogP contribution in [0.5, 0.6) is 0 Å². The van der Waals surface area contributed by atoms with Crippen LogP contribution < -0.4 is 10.6 Å². The Labute approximate surface area is 110 Å². The number of hydrogen-bond acceptors (Lipinski definition) is 2. The summed E-state index contributed by atoms with van der Waals surface area (Å²) in [5.41, 5.74) is 4.93. The summed E-state index contributed by atoms with van der Waals surface area (Å²) in [5, 5.41) is 6.28. The fourth-order valence-electron chi connectivity index (χ4n) is 2.30. The van der Waals surface area contributed by atoms with E-state index in [0.29, 0.717) is 0 Å². The van der Waals surface area contributed by atoms with Crippen LogP contribution in [0.25, 0.3) is 5.57 Å². The summed E-state index contributed by atoms with van der Waals surface area (Å²) in [6.45, 7) is 2.51. The van der Waals surface area contributed by atoms with Crippen molar-refractivity contribution in [2.24, 2.45) is 0 Å². The lowest BCUT2D eigenvalue weighted by molar-refractivity contribution is 0.374. The second-order valence-corrected chi connectivity index (χ2v) is 4.71. The van der Waals surface area contributed by atoms with Gasteiger partial charge >= 0.3 is 0 Å². The molecule has 0 saturated carbocycles. The molecule has 2 rings (SSSR count). The van der Waals surface area contributed by atoms with Gasteiger partial charge in [-0.2, -0.15) is 0 Å². The topological polar surface area (TPSA) is 24.1 Å². The number of rotatable bonds is 4. The highest BCUT2D eigenvalue weighted by molar-refractivity contribution is 7.20. The molecular formula is C14H18FN2P. The Morgan fingerprint density at radius 3 is 2.94 bits per heavy atom. The molecule has 0 aromatic heterocycles. The predicted octanol–water partition coefficient (Wildman–Crippen LogP) is 3.19. The molecule has 96 valence electrons. The molecule has 1 atom stereocenters. The fourth-order valence-corrected chi connectivity index (χ4v) is 2.54. The molecule has 0 bridgehead atoms. The molecule has 18 heavy (non-hydrogen) atoms. The Kier molecular flexibility index (Phi) is 4.03. The first-order valence-corrected chi connectivity index (χ1v) is 6.68. The zero-order valence-corrected chi connectivity index (χ0v) is 11.7. The van der Waals surface area contributed by atoms with Crippen molar-refractivity contribution in [3.8, 4) is 0 Å². The number of benzene rings is 1. The Morgan fingerprint density at radius 2 is 2.33 bits per heavy atom. The van der Waals surface area contributed by atoms with Gasteiger partial charge in [-0.15, -0.1) is 8.86 Å². The van der Waals surface area contributed by atoms with Gasteiger partial charge in [-0.3, -0.25) is 0 Å². The Morgan fingerprint density at radius 1 is 1.56 bits per heavy atom. The van der Waals surface area contributed by atoms with E-state index < -0.39 is 6.17 Å². The minimum atomic E-state index is -0.987. The average Bonchev–Trinajstić information content (AvgIpc) is 2.81. The van der Waals surface area contributed by atoms with E-state index in [4.69, 9.17) is 0 Å². The van der Waals surface area contributed by atoms with Gasteiger partial charge in [-0.1, -0.05) is 0 Å². The minimum absolute atomic E-state index is 0.721. The molecule has 2 nitrogen and oxygen atoms in total. The van der Waals surface area contributed by atoms with E-state index in [-0.39, 0.29) is 0 Å². The number of fused-ring (bicyclic) bond motifs is 1. The van der Waals surface area contributed by atoms with Gasteiger partial charge < -0.3 is 10.6 Å². The molecule has 1 heterocycles. The van der Waals surface area contributed by atoms with Crippen molar-refractivity contribution in [1.82, 2.24) is 5.32 Å². The fraction of sp³-hybridized carbons (Fsp3) is 0.357. The quantitative estimate of drug-likeness (QED) is 0.816. The molecular weight excluding hydrogens is 246 g/mol. The first-order valence-electron chi connectivity index (χ1n) is 6.10. The molecule has 1 aliphatic rings. The van der Waals surface area contributed by atoms with Gasteiger partial charge in [-0.25, -0.2) is 4.39 Å². The average molecular weight is 264 g/mol. The summed E-state index contributed by atoms with van der Waals surface area (Å²) >= 11 is 0. The standard InChI is InChI=1S/C14H18FN2P/c1-9(15)12-6-14-10(3-4-17-14)5-13(12)11(8-18)7-16-2/h5-9,16-18H,3-4H2,1-2H3/b11-7+. The molecule has 1 aromatic rings. The van der Waals surface area contributed by atoms with Crippen LogP contribution in [0.1, 0.15) is 29.8 Å². The Balaban J connectivity index is 2.57. The van der Waals surface area contributed by atoms with E-state index in [9.17, 15) is 4.39 Å². The summed E-state index contributed by atoms with van der Waals surface area (Å²) < 4.78 is 13.8. The maximum atomic E-state index is 13.8. The van der Waals surface area contributed by atoms with Gasteiger partial charge in [0.25, 0.3) is 0 Å². The molecule has 0 amide bonds. The smallest absolute Gasteiger partial charge is 0.123 e. The van der Waals surface area contributed by atoms with E-state index in [0.717, 1.165) is 35.4 Å². The zero-order chi connectivity index (χ0) is 13.1. The lowest BCUT2D eigenvalue weighted by atomic mass is 9.95. The molecule has 0 radical (unpaired) electrons. The van der Waals surface area contributed by atoms with Crippen molar-refractivity contribution in [1.29, 1.82) is 0 Å². The van der Waals surface area contributed by atoms with Crippen molar-refractivity contribution in [2.45, 2.75) is 19.5 Å². The van der Waals surface area contributed by atoms with Crippen molar-refractivity contribution < 1.29 is 4.39 Å². The zero-order valence-electron chi connectivity index (χ0n) is 10.7. The van der Waals surface area contributed by atoms with E-state index >= 15 is 0 Å². The highest BCUT2D eigenvalue weighted by atomic mass is 31.0. The van der Waals surface area contributed by atoms with Crippen molar-refractivity contribution in [3.63, 3.8) is 0 Å². The number of nitrogens with one attached hydrogen (secondary N) is 2.